The zero-order valence-electron chi connectivity index (χ0n) is 16.2. The molecular weight excluding hydrogens is 356 g/mol. The van der Waals surface area contributed by atoms with E-state index in [4.69, 9.17) is 17.0 Å². The fourth-order valence-electron chi connectivity index (χ4n) is 3.26. The van der Waals surface area contributed by atoms with E-state index in [9.17, 15) is 0 Å². The molecule has 0 bridgehead atoms. The van der Waals surface area contributed by atoms with Gasteiger partial charge in [0.1, 0.15) is 0 Å². The summed E-state index contributed by atoms with van der Waals surface area (Å²) in [5.41, 5.74) is 3.35. The predicted octanol–water partition coefficient (Wildman–Crippen LogP) is 4.37. The molecule has 2 N–H and O–H groups in total. The fourth-order valence-corrected chi connectivity index (χ4v) is 3.56. The standard InChI is InChI=1S/C21H28N4OS/c1-15-10-12-25(13-11-15)19-7-4-17(5-8-19)16(2)23-21(27)24-18-6-9-20(26-3)22-14-18/h4-9,14-16H,10-13H2,1-3H3,(H2,23,24,27)/t16-/m1/s1. The molecular formula is C21H28N4OS. The molecule has 2 heterocycles. The van der Waals surface area contributed by atoms with Crippen LogP contribution in [-0.2, 0) is 0 Å². The Morgan fingerprint density at radius 1 is 1.19 bits per heavy atom. The van der Waals surface area contributed by atoms with Gasteiger partial charge in [-0.15, -0.1) is 0 Å². The van der Waals surface area contributed by atoms with E-state index >= 15 is 0 Å². The van der Waals surface area contributed by atoms with Crippen molar-refractivity contribution in [1.82, 2.24) is 10.3 Å². The minimum absolute atomic E-state index is 0.117. The Balaban J connectivity index is 1.53. The number of piperidine rings is 1. The molecule has 1 atom stereocenters. The third-order valence-electron chi connectivity index (χ3n) is 5.09. The molecule has 0 spiro atoms. The van der Waals surface area contributed by atoms with Crippen LogP contribution >= 0.6 is 12.2 Å². The lowest BCUT2D eigenvalue weighted by Crippen LogP contribution is -2.33. The average Bonchev–Trinajstić information content (AvgIpc) is 2.69. The number of hydrogen-bond acceptors (Lipinski definition) is 4. The zero-order chi connectivity index (χ0) is 19.2. The summed E-state index contributed by atoms with van der Waals surface area (Å²) in [5.74, 6) is 1.43. The molecule has 3 rings (SSSR count). The van der Waals surface area contributed by atoms with Gasteiger partial charge in [-0.25, -0.2) is 4.98 Å². The summed E-state index contributed by atoms with van der Waals surface area (Å²) in [6, 6.07) is 12.6. The molecule has 27 heavy (non-hydrogen) atoms. The number of ether oxygens (including phenoxy) is 1. The normalized spacial score (nSPS) is 15.9. The molecule has 144 valence electrons. The molecule has 2 aromatic rings. The van der Waals surface area contributed by atoms with Gasteiger partial charge in [-0.2, -0.15) is 0 Å². The van der Waals surface area contributed by atoms with Gasteiger partial charge in [0.05, 0.1) is 25.0 Å². The number of rotatable bonds is 5. The largest absolute Gasteiger partial charge is 0.481 e. The Morgan fingerprint density at radius 3 is 2.48 bits per heavy atom. The van der Waals surface area contributed by atoms with Gasteiger partial charge >= 0.3 is 0 Å². The van der Waals surface area contributed by atoms with Gasteiger partial charge in [0, 0.05) is 24.8 Å². The van der Waals surface area contributed by atoms with E-state index in [1.807, 2.05) is 6.07 Å². The van der Waals surface area contributed by atoms with Crippen LogP contribution in [0.15, 0.2) is 42.6 Å². The highest BCUT2D eigenvalue weighted by Crippen LogP contribution is 2.24. The maximum atomic E-state index is 5.42. The quantitative estimate of drug-likeness (QED) is 0.747. The first kappa shape index (κ1) is 19.4. The second-order valence-corrected chi connectivity index (χ2v) is 7.58. The van der Waals surface area contributed by atoms with E-state index in [1.54, 1.807) is 19.4 Å². The molecule has 1 saturated heterocycles. The van der Waals surface area contributed by atoms with Crippen LogP contribution in [0.2, 0.25) is 0 Å². The minimum atomic E-state index is 0.117. The maximum Gasteiger partial charge on any atom is 0.213 e. The molecule has 0 amide bonds. The number of benzene rings is 1. The number of nitrogens with one attached hydrogen (secondary N) is 2. The summed E-state index contributed by atoms with van der Waals surface area (Å²) in [6.45, 7) is 6.75. The lowest BCUT2D eigenvalue weighted by Gasteiger charge is -2.32. The SMILES string of the molecule is COc1ccc(NC(=S)N[C@H](C)c2ccc(N3CCC(C)CC3)cc2)cn1. The second-order valence-electron chi connectivity index (χ2n) is 7.17. The molecule has 0 aliphatic carbocycles. The smallest absolute Gasteiger partial charge is 0.213 e. The van der Waals surface area contributed by atoms with Crippen LogP contribution in [0.1, 0.15) is 38.3 Å². The first-order valence-corrected chi connectivity index (χ1v) is 9.88. The predicted molar refractivity (Wildman–Crippen MR) is 116 cm³/mol. The van der Waals surface area contributed by atoms with Gasteiger partial charge in [-0.05, 0) is 61.7 Å². The summed E-state index contributed by atoms with van der Waals surface area (Å²) in [7, 11) is 1.60. The Hall–Kier alpha value is -2.34. The summed E-state index contributed by atoms with van der Waals surface area (Å²) in [6.07, 6.45) is 4.26. The average molecular weight is 385 g/mol. The molecule has 1 aliphatic rings. The molecule has 6 heteroatoms. The molecule has 1 aliphatic heterocycles. The van der Waals surface area contributed by atoms with Gasteiger partial charge in [0.25, 0.3) is 0 Å². The first-order valence-electron chi connectivity index (χ1n) is 9.47. The van der Waals surface area contributed by atoms with Crippen LogP contribution in [0.3, 0.4) is 0 Å². The Labute approximate surface area is 167 Å². The Kier molecular flexibility index (Phi) is 6.50. The van der Waals surface area contributed by atoms with E-state index in [0.717, 1.165) is 24.7 Å². The van der Waals surface area contributed by atoms with Crippen molar-refractivity contribution >= 4 is 28.7 Å². The van der Waals surface area contributed by atoms with Crippen LogP contribution < -0.4 is 20.3 Å². The van der Waals surface area contributed by atoms with Gasteiger partial charge < -0.3 is 20.3 Å². The van der Waals surface area contributed by atoms with Gasteiger partial charge in [-0.3, -0.25) is 0 Å². The highest BCUT2D eigenvalue weighted by Gasteiger charge is 2.16. The Bertz CT molecular complexity index is 740. The first-order chi connectivity index (χ1) is 13.0. The monoisotopic (exact) mass is 384 g/mol. The van der Waals surface area contributed by atoms with Crippen molar-refractivity contribution in [3.8, 4) is 5.88 Å². The maximum absolute atomic E-state index is 5.42. The van der Waals surface area contributed by atoms with Crippen molar-refractivity contribution in [3.63, 3.8) is 0 Å². The van der Waals surface area contributed by atoms with E-state index < -0.39 is 0 Å². The third kappa shape index (κ3) is 5.32. The summed E-state index contributed by atoms with van der Waals surface area (Å²) in [5, 5.41) is 7.05. The number of thiocarbonyl (C=S) groups is 1. The molecule has 1 aromatic heterocycles. The van der Waals surface area contributed by atoms with E-state index in [2.05, 4.69) is 58.6 Å². The van der Waals surface area contributed by atoms with Crippen molar-refractivity contribution < 1.29 is 4.74 Å². The number of methoxy groups -OCH3 is 1. The highest BCUT2D eigenvalue weighted by molar-refractivity contribution is 7.80. The topological polar surface area (TPSA) is 49.4 Å². The van der Waals surface area contributed by atoms with Crippen LogP contribution in [0.4, 0.5) is 11.4 Å². The Morgan fingerprint density at radius 2 is 1.89 bits per heavy atom. The lowest BCUT2D eigenvalue weighted by molar-refractivity contribution is 0.398. The second kappa shape index (κ2) is 9.04. The van der Waals surface area contributed by atoms with Crippen molar-refractivity contribution in [3.05, 3.63) is 48.2 Å². The van der Waals surface area contributed by atoms with Crippen molar-refractivity contribution in [2.45, 2.75) is 32.7 Å². The van der Waals surface area contributed by atoms with E-state index in [0.29, 0.717) is 11.0 Å². The molecule has 1 aromatic carbocycles. The van der Waals surface area contributed by atoms with E-state index in [-0.39, 0.29) is 6.04 Å². The summed E-state index contributed by atoms with van der Waals surface area (Å²) >= 11 is 5.42. The number of pyridine rings is 1. The van der Waals surface area contributed by atoms with Crippen LogP contribution in [0, 0.1) is 5.92 Å². The zero-order valence-corrected chi connectivity index (χ0v) is 17.1. The van der Waals surface area contributed by atoms with Crippen LogP contribution in [-0.4, -0.2) is 30.3 Å². The molecule has 0 unspecified atom stereocenters. The number of anilines is 2. The minimum Gasteiger partial charge on any atom is -0.481 e. The van der Waals surface area contributed by atoms with Gasteiger partial charge in [0.2, 0.25) is 5.88 Å². The van der Waals surface area contributed by atoms with Crippen molar-refractivity contribution in [1.29, 1.82) is 0 Å². The highest BCUT2D eigenvalue weighted by atomic mass is 32.1. The molecule has 0 saturated carbocycles. The summed E-state index contributed by atoms with van der Waals surface area (Å²) in [4.78, 5) is 6.65. The fraction of sp³-hybridized carbons (Fsp3) is 0.429. The van der Waals surface area contributed by atoms with Gasteiger partial charge in [-0.1, -0.05) is 19.1 Å². The van der Waals surface area contributed by atoms with Crippen LogP contribution in [0.25, 0.3) is 0 Å². The number of aromatic nitrogens is 1. The number of nitrogens with zero attached hydrogens (tertiary/aromatic N) is 2. The third-order valence-corrected chi connectivity index (χ3v) is 5.31. The van der Waals surface area contributed by atoms with Gasteiger partial charge in [0.15, 0.2) is 5.11 Å². The van der Waals surface area contributed by atoms with E-state index in [1.165, 1.54) is 24.1 Å². The molecule has 0 radical (unpaired) electrons. The van der Waals surface area contributed by atoms with Crippen LogP contribution in [0.5, 0.6) is 5.88 Å². The summed E-state index contributed by atoms with van der Waals surface area (Å²) < 4.78 is 5.06. The molecule has 1 fully saturated rings. The van der Waals surface area contributed by atoms with Crippen molar-refractivity contribution in [2.75, 3.05) is 30.4 Å². The number of hydrogen-bond donors (Lipinski definition) is 2. The van der Waals surface area contributed by atoms with Crippen molar-refractivity contribution in [2.24, 2.45) is 5.92 Å². The lowest BCUT2D eigenvalue weighted by atomic mass is 9.98. The molecule has 5 nitrogen and oxygen atoms in total.